The number of imidazole rings is 1. The number of aromatic nitrogens is 4. The van der Waals surface area contributed by atoms with E-state index in [-0.39, 0.29) is 11.8 Å². The van der Waals surface area contributed by atoms with Crippen molar-refractivity contribution in [1.29, 1.82) is 0 Å². The van der Waals surface area contributed by atoms with Gasteiger partial charge in [-0.15, -0.1) is 11.3 Å². The van der Waals surface area contributed by atoms with Gasteiger partial charge >= 0.3 is 0 Å². The van der Waals surface area contributed by atoms with Gasteiger partial charge in [-0.2, -0.15) is 0 Å². The van der Waals surface area contributed by atoms with Crippen LogP contribution in [0, 0.1) is 0 Å². The first-order valence-electron chi connectivity index (χ1n) is 14.9. The van der Waals surface area contributed by atoms with Gasteiger partial charge in [0.05, 0.1) is 23.5 Å². The summed E-state index contributed by atoms with van der Waals surface area (Å²) in [5.41, 5.74) is 6.74. The topological polar surface area (TPSA) is 105 Å². The van der Waals surface area contributed by atoms with E-state index >= 15 is 0 Å². The van der Waals surface area contributed by atoms with E-state index in [0.29, 0.717) is 29.7 Å². The Morgan fingerprint density at radius 3 is 2.64 bits per heavy atom. The van der Waals surface area contributed by atoms with Crippen molar-refractivity contribution in [1.82, 2.24) is 24.3 Å². The first-order valence-corrected chi connectivity index (χ1v) is 15.7. The molecule has 0 aliphatic carbocycles. The molecule has 0 radical (unpaired) electrons. The van der Waals surface area contributed by atoms with Crippen molar-refractivity contribution >= 4 is 46.1 Å². The lowest BCUT2D eigenvalue weighted by Crippen LogP contribution is -2.25. The Kier molecular flexibility index (Phi) is 7.79. The van der Waals surface area contributed by atoms with Crippen LogP contribution in [0.3, 0.4) is 0 Å². The number of carbonyl (C=O) groups is 2. The number of benzene rings is 2. The number of fused-ring (bicyclic) bond motifs is 1. The second kappa shape index (κ2) is 12.3. The zero-order valence-electron chi connectivity index (χ0n) is 24.7. The zero-order valence-corrected chi connectivity index (χ0v) is 25.5. The molecule has 7 rings (SSSR count). The number of pyridine rings is 1. The van der Waals surface area contributed by atoms with E-state index in [4.69, 9.17) is 9.97 Å². The largest absolute Gasteiger partial charge is 0.342 e. The predicted molar refractivity (Wildman–Crippen MR) is 178 cm³/mol. The number of thiophene rings is 1. The molecule has 1 fully saturated rings. The molecule has 1 atom stereocenters. The fourth-order valence-corrected chi connectivity index (χ4v) is 6.50. The summed E-state index contributed by atoms with van der Waals surface area (Å²) in [5.74, 6) is 0.885. The van der Waals surface area contributed by atoms with Crippen LogP contribution >= 0.6 is 11.3 Å². The molecule has 1 saturated heterocycles. The van der Waals surface area contributed by atoms with Crippen LogP contribution in [-0.2, 0) is 16.0 Å². The van der Waals surface area contributed by atoms with Gasteiger partial charge in [-0.1, -0.05) is 36.4 Å². The number of anilines is 3. The highest BCUT2D eigenvalue weighted by atomic mass is 32.1. The van der Waals surface area contributed by atoms with E-state index in [1.54, 1.807) is 24.5 Å². The molecule has 2 N–H and O–H groups in total. The maximum absolute atomic E-state index is 12.7. The van der Waals surface area contributed by atoms with Gasteiger partial charge in [0, 0.05) is 60.1 Å². The van der Waals surface area contributed by atoms with E-state index in [9.17, 15) is 9.59 Å². The summed E-state index contributed by atoms with van der Waals surface area (Å²) in [6.07, 6.45) is 5.02. The number of rotatable bonds is 8. The molecule has 4 aromatic heterocycles. The SMILES string of the molecule is CC(=O)N1CCC(c2ccc(Nc3nccc(-c4c(-c5cccc(NC(=O)Cc6cccs6)c5)nc5ccccn45)n3)cc2)C1. The van der Waals surface area contributed by atoms with Crippen molar-refractivity contribution in [3.63, 3.8) is 0 Å². The van der Waals surface area contributed by atoms with Crippen LogP contribution in [0.2, 0.25) is 0 Å². The van der Waals surface area contributed by atoms with E-state index in [0.717, 1.165) is 52.7 Å². The van der Waals surface area contributed by atoms with Gasteiger partial charge in [0.1, 0.15) is 5.65 Å². The molecule has 0 spiro atoms. The highest BCUT2D eigenvalue weighted by molar-refractivity contribution is 7.10. The maximum atomic E-state index is 12.7. The number of nitrogens with zero attached hydrogens (tertiary/aromatic N) is 5. The van der Waals surface area contributed by atoms with Crippen LogP contribution in [0.15, 0.2) is 103 Å². The van der Waals surface area contributed by atoms with Crippen molar-refractivity contribution in [3.8, 4) is 22.6 Å². The summed E-state index contributed by atoms with van der Waals surface area (Å²) >= 11 is 1.57. The Balaban J connectivity index is 1.15. The number of nitrogens with one attached hydrogen (secondary N) is 2. The van der Waals surface area contributed by atoms with E-state index < -0.39 is 0 Å². The Labute approximate surface area is 264 Å². The third-order valence-corrected chi connectivity index (χ3v) is 8.91. The van der Waals surface area contributed by atoms with Crippen LogP contribution in [-0.4, -0.2) is 49.2 Å². The van der Waals surface area contributed by atoms with E-state index in [1.165, 1.54) is 5.56 Å². The lowest BCUT2D eigenvalue weighted by molar-refractivity contribution is -0.127. The summed E-state index contributed by atoms with van der Waals surface area (Å²) in [6.45, 7) is 3.20. The van der Waals surface area contributed by atoms with E-state index in [1.807, 2.05) is 93.7 Å². The van der Waals surface area contributed by atoms with Gasteiger partial charge in [0.2, 0.25) is 17.8 Å². The Morgan fingerprint density at radius 1 is 0.956 bits per heavy atom. The Bertz CT molecular complexity index is 1990. The number of amides is 2. The molecule has 5 heterocycles. The minimum atomic E-state index is -0.0642. The second-order valence-electron chi connectivity index (χ2n) is 11.1. The number of hydrogen-bond acceptors (Lipinski definition) is 7. The summed E-state index contributed by atoms with van der Waals surface area (Å²) in [6, 6.07) is 27.7. The van der Waals surface area contributed by atoms with Crippen LogP contribution in [0.4, 0.5) is 17.3 Å². The second-order valence-corrected chi connectivity index (χ2v) is 12.1. The molecule has 0 saturated carbocycles. The fourth-order valence-electron chi connectivity index (χ4n) is 5.80. The van der Waals surface area contributed by atoms with Gasteiger partial charge < -0.3 is 15.5 Å². The van der Waals surface area contributed by atoms with Crippen LogP contribution in [0.25, 0.3) is 28.3 Å². The third kappa shape index (κ3) is 6.18. The van der Waals surface area contributed by atoms with Crippen molar-refractivity contribution in [2.45, 2.75) is 25.7 Å². The molecular formula is C35H31N7O2S. The molecule has 10 heteroatoms. The molecular weight excluding hydrogens is 582 g/mol. The normalized spacial score (nSPS) is 14.5. The van der Waals surface area contributed by atoms with Crippen molar-refractivity contribution < 1.29 is 9.59 Å². The van der Waals surface area contributed by atoms with Gasteiger partial charge in [-0.25, -0.2) is 15.0 Å². The average Bonchev–Trinajstić information content (AvgIpc) is 3.82. The molecule has 9 nitrogen and oxygen atoms in total. The van der Waals surface area contributed by atoms with Gasteiger partial charge in [-0.05, 0) is 65.9 Å². The molecule has 1 aliphatic heterocycles. The highest BCUT2D eigenvalue weighted by Gasteiger charge is 2.25. The molecule has 2 aromatic carbocycles. The van der Waals surface area contributed by atoms with Gasteiger partial charge in [0.25, 0.3) is 0 Å². The molecule has 1 unspecified atom stereocenters. The Morgan fingerprint density at radius 2 is 1.84 bits per heavy atom. The van der Waals surface area contributed by atoms with Crippen molar-refractivity contribution in [2.75, 3.05) is 23.7 Å². The maximum Gasteiger partial charge on any atom is 0.229 e. The summed E-state index contributed by atoms with van der Waals surface area (Å²) in [7, 11) is 0. The first-order chi connectivity index (χ1) is 22.0. The number of carbonyl (C=O) groups excluding carboxylic acids is 2. The molecule has 6 aromatic rings. The summed E-state index contributed by atoms with van der Waals surface area (Å²) < 4.78 is 2.02. The average molecular weight is 614 g/mol. The summed E-state index contributed by atoms with van der Waals surface area (Å²) in [4.78, 5) is 41.7. The van der Waals surface area contributed by atoms with Gasteiger partial charge in [0.15, 0.2) is 0 Å². The quantitative estimate of drug-likeness (QED) is 0.196. The van der Waals surface area contributed by atoms with E-state index in [2.05, 4.69) is 27.8 Å². The molecule has 45 heavy (non-hydrogen) atoms. The summed E-state index contributed by atoms with van der Waals surface area (Å²) in [5, 5.41) is 8.34. The smallest absolute Gasteiger partial charge is 0.229 e. The van der Waals surface area contributed by atoms with Gasteiger partial charge in [-0.3, -0.25) is 14.0 Å². The minimum absolute atomic E-state index is 0.0642. The molecule has 224 valence electrons. The van der Waals surface area contributed by atoms with Crippen molar-refractivity contribution in [3.05, 3.63) is 113 Å². The molecule has 2 amide bonds. The van der Waals surface area contributed by atoms with Crippen LogP contribution in [0.5, 0.6) is 0 Å². The lowest BCUT2D eigenvalue weighted by Gasteiger charge is -2.14. The zero-order chi connectivity index (χ0) is 30.8. The monoisotopic (exact) mass is 613 g/mol. The number of likely N-dealkylation sites (tertiary alicyclic amines) is 1. The third-order valence-electron chi connectivity index (χ3n) is 8.03. The molecule has 1 aliphatic rings. The fraction of sp³-hybridized carbons (Fsp3) is 0.171. The standard InChI is InChI=1S/C35H31N7O2S/c1-23(43)41-18-15-26(22-41)24-10-12-27(13-11-24)38-35-36-16-14-30(39-35)34-33(40-31-9-2-3-17-42(31)34)25-6-4-7-28(20-25)37-32(44)21-29-8-5-19-45-29/h2-14,16-17,19-20,26H,15,18,21-22H2,1H3,(H,37,44)(H,36,38,39). The molecule has 0 bridgehead atoms. The number of hydrogen-bond donors (Lipinski definition) is 2. The highest BCUT2D eigenvalue weighted by Crippen LogP contribution is 2.34. The Hall–Kier alpha value is -5.35. The first kappa shape index (κ1) is 28.4. The van der Waals surface area contributed by atoms with Crippen LogP contribution in [0.1, 0.15) is 29.7 Å². The van der Waals surface area contributed by atoms with Crippen LogP contribution < -0.4 is 10.6 Å². The van der Waals surface area contributed by atoms with Crippen molar-refractivity contribution in [2.24, 2.45) is 0 Å². The minimum Gasteiger partial charge on any atom is -0.342 e. The lowest BCUT2D eigenvalue weighted by atomic mass is 9.98. The predicted octanol–water partition coefficient (Wildman–Crippen LogP) is 6.78.